The van der Waals surface area contributed by atoms with Crippen LogP contribution >= 0.6 is 11.3 Å². The first-order valence-corrected chi connectivity index (χ1v) is 13.3. The predicted molar refractivity (Wildman–Crippen MR) is 152 cm³/mol. The molecule has 0 unspecified atom stereocenters. The van der Waals surface area contributed by atoms with Crippen LogP contribution in [-0.4, -0.2) is 22.7 Å². The molecule has 198 valence electrons. The maximum atomic E-state index is 13.5. The molecule has 2 aromatic heterocycles. The Morgan fingerprint density at radius 3 is 2.46 bits per heavy atom. The largest absolute Gasteiger partial charge is 0.425 e. The zero-order chi connectivity index (χ0) is 28.3. The molecule has 39 heavy (non-hydrogen) atoms. The Labute approximate surface area is 230 Å². The molecular weight excluding hydrogens is 513 g/mol. The quantitative estimate of drug-likeness (QED) is 0.176. The third kappa shape index (κ3) is 6.02. The molecule has 0 saturated heterocycles. The van der Waals surface area contributed by atoms with Crippen LogP contribution in [0.3, 0.4) is 0 Å². The molecule has 9 heteroatoms. The first-order chi connectivity index (χ1) is 18.6. The Bertz CT molecular complexity index is 1630. The van der Waals surface area contributed by atoms with E-state index in [0.717, 1.165) is 15.6 Å². The number of hydrogen-bond donors (Lipinski definition) is 3. The number of nitrogens with zero attached hydrogens (tertiary/aromatic N) is 2. The molecule has 0 aliphatic heterocycles. The van der Waals surface area contributed by atoms with Crippen LogP contribution in [0.1, 0.15) is 59.2 Å². The van der Waals surface area contributed by atoms with Gasteiger partial charge in [0.25, 0.3) is 5.91 Å². The fourth-order valence-electron chi connectivity index (χ4n) is 4.55. The van der Waals surface area contributed by atoms with Gasteiger partial charge in [0.2, 0.25) is 5.90 Å². The lowest BCUT2D eigenvalue weighted by atomic mass is 9.91. The fraction of sp³-hybridized carbons (Fsp3) is 0.233. The molecule has 0 fully saturated rings. The highest BCUT2D eigenvalue weighted by Gasteiger charge is 2.29. The molecule has 1 amide bonds. The molecule has 0 saturated carbocycles. The molecule has 0 aliphatic rings. The van der Waals surface area contributed by atoms with E-state index in [4.69, 9.17) is 26.3 Å². The van der Waals surface area contributed by atoms with Gasteiger partial charge in [0.15, 0.2) is 5.90 Å². The monoisotopic (exact) mass is 541 g/mol. The van der Waals surface area contributed by atoms with Crippen LogP contribution in [0.5, 0.6) is 0 Å². The van der Waals surface area contributed by atoms with Gasteiger partial charge in [0.1, 0.15) is 11.9 Å². The Balaban J connectivity index is 2.03. The number of benzene rings is 2. The summed E-state index contributed by atoms with van der Waals surface area (Å²) in [5.74, 6) is -1.37. The van der Waals surface area contributed by atoms with E-state index in [0.29, 0.717) is 46.7 Å². The Kier molecular flexibility index (Phi) is 8.17. The summed E-state index contributed by atoms with van der Waals surface area (Å²) in [7, 11) is 0. The van der Waals surface area contributed by atoms with Crippen LogP contribution in [0.25, 0.3) is 20.5 Å². The molecule has 2 heterocycles. The number of nitriles is 1. The van der Waals surface area contributed by atoms with Crippen molar-refractivity contribution < 1.29 is 13.9 Å². The summed E-state index contributed by atoms with van der Waals surface area (Å²) in [4.78, 5) is 18.5. The summed E-state index contributed by atoms with van der Waals surface area (Å²) in [5, 5.41) is 27.1. The number of primary amides is 1. The summed E-state index contributed by atoms with van der Waals surface area (Å²) >= 11 is 1.33. The maximum absolute atomic E-state index is 13.5. The molecule has 0 bridgehead atoms. The van der Waals surface area contributed by atoms with Crippen molar-refractivity contribution in [3.8, 4) is 16.5 Å². The predicted octanol–water partition coefficient (Wildman–Crippen LogP) is 6.40. The highest BCUT2D eigenvalue weighted by Crippen LogP contribution is 2.41. The smallest absolute Gasteiger partial charge is 0.251 e. The molecule has 2 aromatic carbocycles. The van der Waals surface area contributed by atoms with Gasteiger partial charge in [-0.05, 0) is 60.4 Å². The van der Waals surface area contributed by atoms with Crippen molar-refractivity contribution >= 4 is 39.1 Å². The number of aromatic nitrogens is 1. The standard InChI is InChI=1S/C30H28FN5O2S/c1-16(2)13-23-25(29(34)37)27(24-14-19-5-4-6-20(15-32)28(19)39-24)26(30(35)38-17(3)33)22(36-23)12-9-18-7-10-21(31)11-8-18/h4-8,10-11,14,16,33,35H,9,12-13H2,1-3H3,(H2,34,37). The molecule has 0 spiro atoms. The summed E-state index contributed by atoms with van der Waals surface area (Å²) in [6.07, 6.45) is 1.34. The van der Waals surface area contributed by atoms with Gasteiger partial charge in [-0.25, -0.2) is 4.39 Å². The minimum Gasteiger partial charge on any atom is -0.425 e. The summed E-state index contributed by atoms with van der Waals surface area (Å²) in [6, 6.07) is 15.7. The van der Waals surface area contributed by atoms with Gasteiger partial charge in [-0.15, -0.1) is 11.3 Å². The number of pyridine rings is 1. The van der Waals surface area contributed by atoms with Crippen LogP contribution in [-0.2, 0) is 24.0 Å². The number of aryl methyl sites for hydroxylation is 2. The molecule has 4 rings (SSSR count). The number of thiophene rings is 1. The Hall–Kier alpha value is -4.42. The van der Waals surface area contributed by atoms with E-state index in [2.05, 4.69) is 6.07 Å². The average Bonchev–Trinajstić information content (AvgIpc) is 3.31. The molecule has 0 atom stereocenters. The minimum atomic E-state index is -0.683. The van der Waals surface area contributed by atoms with Gasteiger partial charge in [0, 0.05) is 17.4 Å². The second kappa shape index (κ2) is 11.5. The highest BCUT2D eigenvalue weighted by molar-refractivity contribution is 7.22. The van der Waals surface area contributed by atoms with Crippen molar-refractivity contribution in [3.05, 3.63) is 88.0 Å². The highest BCUT2D eigenvalue weighted by atomic mass is 32.1. The number of amides is 1. The number of ether oxygens (including phenoxy) is 1. The fourth-order valence-corrected chi connectivity index (χ4v) is 5.73. The van der Waals surface area contributed by atoms with Crippen molar-refractivity contribution in [3.63, 3.8) is 0 Å². The molecule has 7 nitrogen and oxygen atoms in total. The van der Waals surface area contributed by atoms with Crippen molar-refractivity contribution in [2.75, 3.05) is 0 Å². The number of nitrogens with two attached hydrogens (primary N) is 1. The first-order valence-electron chi connectivity index (χ1n) is 12.4. The maximum Gasteiger partial charge on any atom is 0.251 e. The van der Waals surface area contributed by atoms with Gasteiger partial charge >= 0.3 is 0 Å². The Morgan fingerprint density at radius 2 is 1.85 bits per heavy atom. The van der Waals surface area contributed by atoms with Crippen molar-refractivity contribution in [2.45, 2.75) is 40.0 Å². The van der Waals surface area contributed by atoms with Gasteiger partial charge in [-0.1, -0.05) is 38.1 Å². The summed E-state index contributed by atoms with van der Waals surface area (Å²) in [6.45, 7) is 5.45. The topological polar surface area (TPSA) is 137 Å². The van der Waals surface area contributed by atoms with Gasteiger partial charge in [-0.2, -0.15) is 5.26 Å². The van der Waals surface area contributed by atoms with Crippen molar-refractivity contribution in [2.24, 2.45) is 11.7 Å². The lowest BCUT2D eigenvalue weighted by Crippen LogP contribution is -2.23. The molecule has 0 aliphatic carbocycles. The van der Waals surface area contributed by atoms with E-state index in [1.54, 1.807) is 24.3 Å². The van der Waals surface area contributed by atoms with E-state index >= 15 is 0 Å². The van der Waals surface area contributed by atoms with Crippen LogP contribution < -0.4 is 5.73 Å². The van der Waals surface area contributed by atoms with Crippen LogP contribution in [0.2, 0.25) is 0 Å². The van der Waals surface area contributed by atoms with Crippen LogP contribution in [0.15, 0.2) is 48.5 Å². The van der Waals surface area contributed by atoms with E-state index in [-0.39, 0.29) is 34.7 Å². The SMILES string of the molecule is CC(=N)OC(=N)c1c(CCc2ccc(F)cc2)nc(CC(C)C)c(C(N)=O)c1-c1cc2cccc(C#N)c2s1. The van der Waals surface area contributed by atoms with Crippen LogP contribution in [0, 0.1) is 33.9 Å². The summed E-state index contributed by atoms with van der Waals surface area (Å²) < 4.78 is 19.7. The molecule has 0 radical (unpaired) electrons. The minimum absolute atomic E-state index is 0.159. The normalized spacial score (nSPS) is 11.0. The number of hydrogen-bond acceptors (Lipinski definition) is 7. The number of rotatable bonds is 8. The second-order valence-corrected chi connectivity index (χ2v) is 10.7. The number of nitrogens with one attached hydrogen (secondary N) is 2. The molecule has 4 N–H and O–H groups in total. The number of carbonyl (C=O) groups excluding carboxylic acids is 1. The number of carbonyl (C=O) groups is 1. The zero-order valence-corrected chi connectivity index (χ0v) is 22.7. The average molecular weight is 542 g/mol. The number of fused-ring (bicyclic) bond motifs is 1. The molecule has 4 aromatic rings. The zero-order valence-electron chi connectivity index (χ0n) is 21.9. The number of halogens is 1. The van der Waals surface area contributed by atoms with Gasteiger partial charge < -0.3 is 10.5 Å². The van der Waals surface area contributed by atoms with Gasteiger partial charge in [0.05, 0.1) is 32.8 Å². The van der Waals surface area contributed by atoms with Gasteiger partial charge in [-0.3, -0.25) is 20.6 Å². The lowest BCUT2D eigenvalue weighted by molar-refractivity contribution is 0.0999. The second-order valence-electron chi connectivity index (χ2n) is 9.65. The van der Waals surface area contributed by atoms with E-state index in [1.807, 2.05) is 26.0 Å². The molecular formula is C30H28FN5O2S. The van der Waals surface area contributed by atoms with Crippen molar-refractivity contribution in [1.82, 2.24) is 4.98 Å². The van der Waals surface area contributed by atoms with E-state index in [1.165, 1.54) is 30.4 Å². The van der Waals surface area contributed by atoms with Crippen molar-refractivity contribution in [1.29, 1.82) is 16.1 Å². The third-order valence-corrected chi connectivity index (χ3v) is 7.35. The lowest BCUT2D eigenvalue weighted by Gasteiger charge is -2.21. The summed E-state index contributed by atoms with van der Waals surface area (Å²) in [5.41, 5.74) is 9.26. The van der Waals surface area contributed by atoms with E-state index < -0.39 is 5.91 Å². The van der Waals surface area contributed by atoms with E-state index in [9.17, 15) is 14.4 Å². The third-order valence-electron chi connectivity index (χ3n) is 6.15. The first kappa shape index (κ1) is 27.6. The van der Waals surface area contributed by atoms with Crippen LogP contribution in [0.4, 0.5) is 4.39 Å². The Morgan fingerprint density at radius 1 is 1.13 bits per heavy atom.